The Morgan fingerprint density at radius 2 is 1.70 bits per heavy atom. The number of amides is 2. The van der Waals surface area contributed by atoms with Gasteiger partial charge in [-0.3, -0.25) is 4.90 Å². The van der Waals surface area contributed by atoms with Crippen LogP contribution in [-0.2, 0) is 4.74 Å². The van der Waals surface area contributed by atoms with Crippen molar-refractivity contribution in [3.63, 3.8) is 0 Å². The van der Waals surface area contributed by atoms with Crippen molar-refractivity contribution in [2.75, 3.05) is 59.5 Å². The minimum absolute atomic E-state index is 0.0304. The van der Waals surface area contributed by atoms with E-state index in [1.54, 1.807) is 33.5 Å². The molecule has 1 fully saturated rings. The molecule has 0 aliphatic carbocycles. The minimum Gasteiger partial charge on any atom is -0.495 e. The standard InChI is InChI=1S/C22H29N3O5/c1-27-19-7-5-4-6-17(19)24-22(26)23-15-18(25-10-12-30-13-11-25)16-8-9-20(28-2)21(14-16)29-3/h4-9,14,18H,10-13,15H2,1-3H3,(H2,23,24,26). The van der Waals surface area contributed by atoms with E-state index in [4.69, 9.17) is 18.9 Å². The van der Waals surface area contributed by atoms with E-state index in [1.807, 2.05) is 30.3 Å². The number of nitrogens with one attached hydrogen (secondary N) is 2. The summed E-state index contributed by atoms with van der Waals surface area (Å²) in [6.07, 6.45) is 0. The number of methoxy groups -OCH3 is 3. The van der Waals surface area contributed by atoms with Gasteiger partial charge in [0.05, 0.1) is 46.3 Å². The fourth-order valence-electron chi connectivity index (χ4n) is 3.51. The molecule has 2 N–H and O–H groups in total. The first-order chi connectivity index (χ1) is 14.7. The quantitative estimate of drug-likeness (QED) is 0.690. The van der Waals surface area contributed by atoms with Crippen LogP contribution in [0.1, 0.15) is 11.6 Å². The molecule has 1 aliphatic rings. The molecule has 1 unspecified atom stereocenters. The average Bonchev–Trinajstić information content (AvgIpc) is 2.80. The van der Waals surface area contributed by atoms with Gasteiger partial charge in [0.25, 0.3) is 0 Å². The molecular formula is C22H29N3O5. The number of morpholine rings is 1. The number of hydrogen-bond donors (Lipinski definition) is 2. The van der Waals surface area contributed by atoms with Gasteiger partial charge in [0.2, 0.25) is 0 Å². The second-order valence-corrected chi connectivity index (χ2v) is 6.81. The van der Waals surface area contributed by atoms with Gasteiger partial charge in [-0.15, -0.1) is 0 Å². The van der Waals surface area contributed by atoms with E-state index in [2.05, 4.69) is 15.5 Å². The van der Waals surface area contributed by atoms with E-state index < -0.39 is 0 Å². The summed E-state index contributed by atoms with van der Waals surface area (Å²) in [5.41, 5.74) is 1.65. The van der Waals surface area contributed by atoms with Crippen LogP contribution in [0.3, 0.4) is 0 Å². The van der Waals surface area contributed by atoms with Crippen LogP contribution in [0.5, 0.6) is 17.2 Å². The molecule has 8 heteroatoms. The number of nitrogens with zero attached hydrogens (tertiary/aromatic N) is 1. The molecule has 8 nitrogen and oxygen atoms in total. The fraction of sp³-hybridized carbons (Fsp3) is 0.409. The molecule has 30 heavy (non-hydrogen) atoms. The summed E-state index contributed by atoms with van der Waals surface area (Å²) in [6.45, 7) is 3.33. The second kappa shape index (κ2) is 10.7. The Hall–Kier alpha value is -2.97. The third-order valence-corrected chi connectivity index (χ3v) is 5.09. The van der Waals surface area contributed by atoms with E-state index in [1.165, 1.54) is 0 Å². The lowest BCUT2D eigenvalue weighted by molar-refractivity contribution is 0.0167. The van der Waals surface area contributed by atoms with Gasteiger partial charge in [-0.1, -0.05) is 18.2 Å². The lowest BCUT2D eigenvalue weighted by Gasteiger charge is -2.35. The predicted molar refractivity (Wildman–Crippen MR) is 115 cm³/mol. The Kier molecular flexibility index (Phi) is 7.75. The number of anilines is 1. The van der Waals surface area contributed by atoms with Crippen LogP contribution in [0.4, 0.5) is 10.5 Å². The first kappa shape index (κ1) is 21.7. The molecule has 0 spiro atoms. The molecule has 0 bridgehead atoms. The first-order valence-electron chi connectivity index (χ1n) is 9.88. The maximum Gasteiger partial charge on any atom is 0.319 e. The van der Waals surface area contributed by atoms with Gasteiger partial charge in [-0.05, 0) is 29.8 Å². The van der Waals surface area contributed by atoms with Crippen molar-refractivity contribution in [3.8, 4) is 17.2 Å². The van der Waals surface area contributed by atoms with Crippen LogP contribution >= 0.6 is 0 Å². The van der Waals surface area contributed by atoms with E-state index >= 15 is 0 Å². The molecule has 0 saturated carbocycles. The summed E-state index contributed by atoms with van der Waals surface area (Å²) in [5, 5.41) is 5.83. The summed E-state index contributed by atoms with van der Waals surface area (Å²) in [7, 11) is 4.80. The molecule has 2 aromatic rings. The highest BCUT2D eigenvalue weighted by atomic mass is 16.5. The van der Waals surface area contributed by atoms with E-state index in [9.17, 15) is 4.79 Å². The van der Waals surface area contributed by atoms with Crippen LogP contribution in [-0.4, -0.2) is 65.1 Å². The number of carbonyl (C=O) groups excluding carboxylic acids is 1. The molecule has 1 saturated heterocycles. The zero-order valence-electron chi connectivity index (χ0n) is 17.6. The highest BCUT2D eigenvalue weighted by molar-refractivity contribution is 5.90. The monoisotopic (exact) mass is 415 g/mol. The minimum atomic E-state index is -0.293. The number of para-hydroxylation sites is 2. The Morgan fingerprint density at radius 1 is 1.00 bits per heavy atom. The predicted octanol–water partition coefficient (Wildman–Crippen LogP) is 2.91. The van der Waals surface area contributed by atoms with Crippen LogP contribution < -0.4 is 24.8 Å². The maximum atomic E-state index is 12.6. The Bertz CT molecular complexity index is 839. The lowest BCUT2D eigenvalue weighted by atomic mass is 10.0. The normalized spacial score (nSPS) is 15.2. The summed E-state index contributed by atoms with van der Waals surface area (Å²) in [6, 6.07) is 12.8. The van der Waals surface area contributed by atoms with Gasteiger partial charge in [-0.2, -0.15) is 0 Å². The second-order valence-electron chi connectivity index (χ2n) is 6.81. The van der Waals surface area contributed by atoms with Crippen molar-refractivity contribution in [2.24, 2.45) is 0 Å². The van der Waals surface area contributed by atoms with Crippen molar-refractivity contribution >= 4 is 11.7 Å². The van der Waals surface area contributed by atoms with E-state index in [0.717, 1.165) is 18.7 Å². The van der Waals surface area contributed by atoms with Crippen molar-refractivity contribution in [2.45, 2.75) is 6.04 Å². The Balaban J connectivity index is 1.74. The van der Waals surface area contributed by atoms with Crippen LogP contribution in [0, 0.1) is 0 Å². The number of carbonyl (C=O) groups is 1. The molecule has 3 rings (SSSR count). The molecule has 162 valence electrons. The van der Waals surface area contributed by atoms with Crippen molar-refractivity contribution in [1.29, 1.82) is 0 Å². The third kappa shape index (κ3) is 5.34. The summed E-state index contributed by atoms with van der Waals surface area (Å²) >= 11 is 0. The zero-order chi connectivity index (χ0) is 21.3. The third-order valence-electron chi connectivity index (χ3n) is 5.09. The molecule has 2 amide bonds. The number of rotatable bonds is 8. The molecule has 2 aromatic carbocycles. The van der Waals surface area contributed by atoms with E-state index in [-0.39, 0.29) is 12.1 Å². The van der Waals surface area contributed by atoms with Gasteiger partial charge in [-0.25, -0.2) is 4.79 Å². The summed E-state index contributed by atoms with van der Waals surface area (Å²) < 4.78 is 21.6. The van der Waals surface area contributed by atoms with Crippen LogP contribution in [0.2, 0.25) is 0 Å². The maximum absolute atomic E-state index is 12.6. The van der Waals surface area contributed by atoms with Gasteiger partial charge in [0.15, 0.2) is 11.5 Å². The van der Waals surface area contributed by atoms with Gasteiger partial charge in [0.1, 0.15) is 5.75 Å². The average molecular weight is 415 g/mol. The SMILES string of the molecule is COc1ccccc1NC(=O)NCC(c1ccc(OC)c(OC)c1)N1CCOCC1. The van der Waals surface area contributed by atoms with Crippen LogP contribution in [0.25, 0.3) is 0 Å². The number of hydrogen-bond acceptors (Lipinski definition) is 6. The largest absolute Gasteiger partial charge is 0.495 e. The van der Waals surface area contributed by atoms with Gasteiger partial charge < -0.3 is 29.6 Å². The molecular weight excluding hydrogens is 386 g/mol. The summed E-state index contributed by atoms with van der Waals surface area (Å²) in [4.78, 5) is 14.9. The number of urea groups is 1. The highest BCUT2D eigenvalue weighted by Gasteiger charge is 2.24. The zero-order valence-corrected chi connectivity index (χ0v) is 17.6. The lowest BCUT2D eigenvalue weighted by Crippen LogP contribution is -2.44. The fourth-order valence-corrected chi connectivity index (χ4v) is 3.51. The van der Waals surface area contributed by atoms with Gasteiger partial charge in [0, 0.05) is 19.6 Å². The van der Waals surface area contributed by atoms with Crippen molar-refractivity contribution in [3.05, 3.63) is 48.0 Å². The Labute approximate surface area is 177 Å². The highest BCUT2D eigenvalue weighted by Crippen LogP contribution is 2.32. The smallest absolute Gasteiger partial charge is 0.319 e. The summed E-state index contributed by atoms with van der Waals surface area (Å²) in [5.74, 6) is 1.94. The number of benzene rings is 2. The van der Waals surface area contributed by atoms with E-state index in [0.29, 0.717) is 42.7 Å². The molecule has 1 aliphatic heterocycles. The van der Waals surface area contributed by atoms with Gasteiger partial charge >= 0.3 is 6.03 Å². The molecule has 1 atom stereocenters. The molecule has 1 heterocycles. The van der Waals surface area contributed by atoms with Crippen molar-refractivity contribution in [1.82, 2.24) is 10.2 Å². The number of ether oxygens (including phenoxy) is 4. The topological polar surface area (TPSA) is 81.3 Å². The molecule has 0 radical (unpaired) electrons. The first-order valence-corrected chi connectivity index (χ1v) is 9.88. The van der Waals surface area contributed by atoms with Crippen molar-refractivity contribution < 1.29 is 23.7 Å². The molecule has 0 aromatic heterocycles. The van der Waals surface area contributed by atoms with Crippen LogP contribution in [0.15, 0.2) is 42.5 Å². The Morgan fingerprint density at radius 3 is 2.40 bits per heavy atom.